The van der Waals surface area contributed by atoms with E-state index < -0.39 is 0 Å². The van der Waals surface area contributed by atoms with Crippen molar-refractivity contribution < 1.29 is 9.90 Å². The molecule has 8 aliphatic rings. The molecule has 0 unspecified atom stereocenters. The van der Waals surface area contributed by atoms with Crippen molar-refractivity contribution in [1.82, 2.24) is 0 Å². The summed E-state index contributed by atoms with van der Waals surface area (Å²) in [7, 11) is 0. The normalized spacial score (nSPS) is 49.0. The Balaban J connectivity index is 1.37. The third kappa shape index (κ3) is 2.38. The van der Waals surface area contributed by atoms with Crippen molar-refractivity contribution in [3.05, 3.63) is 28.8 Å². The fraction of sp³-hybridized carbons (Fsp3) is 0.741. The summed E-state index contributed by atoms with van der Waals surface area (Å²) in [6.07, 6.45) is 17.3. The van der Waals surface area contributed by atoms with Crippen LogP contribution in [0.1, 0.15) is 98.5 Å². The molecule has 0 aliphatic heterocycles. The largest absolute Gasteiger partial charge is 0.507 e. The first kappa shape index (κ1) is 17.4. The maximum Gasteiger partial charge on any atom is 0.154 e. The van der Waals surface area contributed by atoms with Crippen molar-refractivity contribution in [3.8, 4) is 5.75 Å². The van der Waals surface area contributed by atoms with Crippen LogP contribution < -0.4 is 0 Å². The van der Waals surface area contributed by atoms with Crippen LogP contribution in [0.2, 0.25) is 0 Å². The Bertz CT molecular complexity index is 810. The van der Waals surface area contributed by atoms with E-state index in [1.54, 1.807) is 0 Å². The number of phenols is 1. The Kier molecular flexibility index (Phi) is 3.40. The maximum atomic E-state index is 12.1. The molecule has 0 atom stereocenters. The molecule has 0 amide bonds. The summed E-state index contributed by atoms with van der Waals surface area (Å²) in [5.41, 5.74) is 3.72. The van der Waals surface area contributed by atoms with Crippen molar-refractivity contribution in [3.63, 3.8) is 0 Å². The molecular formula is C27H34O2. The lowest BCUT2D eigenvalue weighted by Gasteiger charge is -2.58. The number of phenolic OH excluding ortho intramolecular Hbond substituents is 1. The molecule has 29 heavy (non-hydrogen) atoms. The first-order valence-electron chi connectivity index (χ1n) is 12.4. The number of rotatable bonds is 3. The number of aldehydes is 1. The molecule has 1 aromatic rings. The summed E-state index contributed by atoms with van der Waals surface area (Å²) in [5.74, 6) is 5.54. The van der Waals surface area contributed by atoms with E-state index in [4.69, 9.17) is 0 Å². The molecule has 0 aromatic heterocycles. The van der Waals surface area contributed by atoms with Crippen LogP contribution in [-0.2, 0) is 10.8 Å². The van der Waals surface area contributed by atoms with Crippen LogP contribution in [0.3, 0.4) is 0 Å². The minimum absolute atomic E-state index is 0.167. The van der Waals surface area contributed by atoms with Crippen molar-refractivity contribution in [2.45, 2.75) is 87.9 Å². The predicted octanol–water partition coefficient (Wildman–Crippen LogP) is 6.14. The average molecular weight is 391 g/mol. The molecule has 0 heterocycles. The van der Waals surface area contributed by atoms with Gasteiger partial charge in [-0.05, 0) is 141 Å². The number of benzene rings is 1. The van der Waals surface area contributed by atoms with E-state index in [0.717, 1.165) is 41.8 Å². The van der Waals surface area contributed by atoms with Crippen LogP contribution in [0.25, 0.3) is 0 Å². The smallest absolute Gasteiger partial charge is 0.154 e. The highest BCUT2D eigenvalue weighted by molar-refractivity contribution is 5.83. The molecule has 0 saturated heterocycles. The van der Waals surface area contributed by atoms with Crippen LogP contribution in [0, 0.1) is 35.5 Å². The Hall–Kier alpha value is -1.31. The van der Waals surface area contributed by atoms with Crippen LogP contribution >= 0.6 is 0 Å². The molecule has 8 saturated carbocycles. The van der Waals surface area contributed by atoms with Crippen LogP contribution in [-0.4, -0.2) is 11.4 Å². The van der Waals surface area contributed by atoms with Crippen molar-refractivity contribution in [2.75, 3.05) is 0 Å². The van der Waals surface area contributed by atoms with E-state index in [9.17, 15) is 9.90 Å². The summed E-state index contributed by atoms with van der Waals surface area (Å²) in [6, 6.07) is 4.48. The molecule has 1 aromatic carbocycles. The van der Waals surface area contributed by atoms with Crippen molar-refractivity contribution in [2.24, 2.45) is 35.5 Å². The van der Waals surface area contributed by atoms with Gasteiger partial charge in [-0.15, -0.1) is 0 Å². The third-order valence-electron chi connectivity index (χ3n) is 10.5. The molecular weight excluding hydrogens is 356 g/mol. The summed E-state index contributed by atoms with van der Waals surface area (Å²) in [5, 5.41) is 11.0. The minimum atomic E-state index is 0.167. The monoisotopic (exact) mass is 390 g/mol. The zero-order valence-electron chi connectivity index (χ0n) is 17.5. The zero-order valence-corrected chi connectivity index (χ0v) is 17.5. The second-order valence-corrected chi connectivity index (χ2v) is 12.5. The molecule has 8 fully saturated rings. The van der Waals surface area contributed by atoms with E-state index in [-0.39, 0.29) is 16.6 Å². The van der Waals surface area contributed by atoms with Gasteiger partial charge in [-0.2, -0.15) is 0 Å². The van der Waals surface area contributed by atoms with Crippen molar-refractivity contribution >= 4 is 6.29 Å². The number of hydrogen-bond acceptors (Lipinski definition) is 2. The van der Waals surface area contributed by atoms with Gasteiger partial charge in [-0.1, -0.05) is 6.07 Å². The Morgan fingerprint density at radius 2 is 1.10 bits per heavy atom. The molecule has 0 radical (unpaired) electrons. The molecule has 9 rings (SSSR count). The van der Waals surface area contributed by atoms with Gasteiger partial charge in [0.25, 0.3) is 0 Å². The van der Waals surface area contributed by atoms with Crippen LogP contribution in [0.4, 0.5) is 0 Å². The van der Waals surface area contributed by atoms with Crippen molar-refractivity contribution in [1.29, 1.82) is 0 Å². The zero-order chi connectivity index (χ0) is 19.4. The topological polar surface area (TPSA) is 37.3 Å². The predicted molar refractivity (Wildman–Crippen MR) is 113 cm³/mol. The molecule has 154 valence electrons. The number of carbonyl (C=O) groups is 1. The van der Waals surface area contributed by atoms with E-state index in [1.165, 1.54) is 88.2 Å². The van der Waals surface area contributed by atoms with Gasteiger partial charge >= 0.3 is 0 Å². The second-order valence-electron chi connectivity index (χ2n) is 12.5. The van der Waals surface area contributed by atoms with Gasteiger partial charge in [0.1, 0.15) is 5.75 Å². The van der Waals surface area contributed by atoms with Gasteiger partial charge in [0.2, 0.25) is 0 Å². The fourth-order valence-electron chi connectivity index (χ4n) is 10.4. The number of hydrogen-bond donors (Lipinski definition) is 1. The molecule has 2 heteroatoms. The number of carbonyl (C=O) groups excluding carboxylic acids is 1. The Morgan fingerprint density at radius 3 is 1.52 bits per heavy atom. The molecule has 2 nitrogen and oxygen atoms in total. The minimum Gasteiger partial charge on any atom is -0.507 e. The first-order valence-corrected chi connectivity index (χ1v) is 12.4. The highest BCUT2D eigenvalue weighted by Crippen LogP contribution is 2.64. The number of aromatic hydroxyl groups is 1. The van der Waals surface area contributed by atoms with Gasteiger partial charge in [-0.25, -0.2) is 0 Å². The van der Waals surface area contributed by atoms with E-state index in [0.29, 0.717) is 5.56 Å². The summed E-state index contributed by atoms with van der Waals surface area (Å²) < 4.78 is 0. The van der Waals surface area contributed by atoms with E-state index >= 15 is 0 Å². The van der Waals surface area contributed by atoms with E-state index in [1.807, 2.05) is 6.07 Å². The first-order chi connectivity index (χ1) is 14.0. The van der Waals surface area contributed by atoms with Gasteiger partial charge in [0, 0.05) is 0 Å². The summed E-state index contributed by atoms with van der Waals surface area (Å²) >= 11 is 0. The Labute approximate surface area is 174 Å². The highest BCUT2D eigenvalue weighted by atomic mass is 16.3. The fourth-order valence-corrected chi connectivity index (χ4v) is 10.4. The molecule has 8 bridgehead atoms. The van der Waals surface area contributed by atoms with Gasteiger partial charge in [0.15, 0.2) is 6.29 Å². The highest BCUT2D eigenvalue weighted by Gasteiger charge is 2.54. The lowest BCUT2D eigenvalue weighted by Crippen LogP contribution is -2.50. The maximum absolute atomic E-state index is 12.1. The van der Waals surface area contributed by atoms with Crippen LogP contribution in [0.15, 0.2) is 12.1 Å². The lowest BCUT2D eigenvalue weighted by atomic mass is 9.46. The molecule has 1 N–H and O–H groups in total. The lowest BCUT2D eigenvalue weighted by molar-refractivity contribution is -0.00870. The second kappa shape index (κ2) is 5.68. The SMILES string of the molecule is O=Cc1c(O)cc(C23CC4CC(CC(C4)C2)C3)cc1C12CC3CC(CC(C3)C1)C2. The Morgan fingerprint density at radius 1 is 0.690 bits per heavy atom. The summed E-state index contributed by atoms with van der Waals surface area (Å²) in [6.45, 7) is 0. The molecule has 8 aliphatic carbocycles. The quantitative estimate of drug-likeness (QED) is 0.629. The standard InChI is InChI=1S/C27H34O2/c28-15-23-24(27-12-19-4-20(13-27)6-21(5-19)14-27)7-22(8-25(23)29)26-9-16-1-17(10-26)3-18(2-16)11-26/h7-8,15-21,29H,1-6,9-14H2. The third-order valence-corrected chi connectivity index (χ3v) is 10.5. The summed E-state index contributed by atoms with van der Waals surface area (Å²) in [4.78, 5) is 12.1. The van der Waals surface area contributed by atoms with Crippen LogP contribution in [0.5, 0.6) is 5.75 Å². The van der Waals surface area contributed by atoms with Gasteiger partial charge in [0.05, 0.1) is 5.56 Å². The average Bonchev–Trinajstić information content (AvgIpc) is 2.65. The van der Waals surface area contributed by atoms with Gasteiger partial charge < -0.3 is 5.11 Å². The van der Waals surface area contributed by atoms with Gasteiger partial charge in [-0.3, -0.25) is 4.79 Å². The molecule has 0 spiro atoms. The van der Waals surface area contributed by atoms with E-state index in [2.05, 4.69) is 6.07 Å².